The Hall–Kier alpha value is -1.04. The molecule has 5 heteroatoms. The van der Waals surface area contributed by atoms with Crippen LogP contribution in [0.1, 0.15) is 10.4 Å². The average Bonchev–Trinajstić information content (AvgIpc) is 2.40. The number of carbonyl (C=O) groups is 1. The van der Waals surface area contributed by atoms with Gasteiger partial charge in [-0.15, -0.1) is 12.6 Å². The molecule has 1 N–H and O–H groups in total. The molecule has 1 fully saturated rings. The first-order chi connectivity index (χ1) is 8.70. The van der Waals surface area contributed by atoms with Crippen LogP contribution in [0.2, 0.25) is 0 Å². The highest BCUT2D eigenvalue weighted by molar-refractivity contribution is 7.80. The molecule has 0 unspecified atom stereocenters. The SMILES string of the molecule is O=C(c1ccc(S)cc1)N1CCN(CCO)CC1. The molecule has 18 heavy (non-hydrogen) atoms. The van der Waals surface area contributed by atoms with Gasteiger partial charge in [0.15, 0.2) is 0 Å². The van der Waals surface area contributed by atoms with Gasteiger partial charge in [-0.1, -0.05) is 0 Å². The topological polar surface area (TPSA) is 43.8 Å². The van der Waals surface area contributed by atoms with Crippen LogP contribution in [-0.4, -0.2) is 60.1 Å². The van der Waals surface area contributed by atoms with E-state index in [4.69, 9.17) is 5.11 Å². The van der Waals surface area contributed by atoms with Crippen LogP contribution < -0.4 is 0 Å². The Morgan fingerprint density at radius 1 is 1.17 bits per heavy atom. The maximum Gasteiger partial charge on any atom is 0.253 e. The van der Waals surface area contributed by atoms with E-state index in [2.05, 4.69) is 17.5 Å². The van der Waals surface area contributed by atoms with Crippen molar-refractivity contribution in [3.05, 3.63) is 29.8 Å². The first-order valence-corrected chi connectivity index (χ1v) is 6.57. The van der Waals surface area contributed by atoms with Gasteiger partial charge in [0, 0.05) is 43.2 Å². The van der Waals surface area contributed by atoms with Gasteiger partial charge in [-0.2, -0.15) is 0 Å². The fourth-order valence-electron chi connectivity index (χ4n) is 2.10. The Bertz CT molecular complexity index is 400. The molecular weight excluding hydrogens is 248 g/mol. The summed E-state index contributed by atoms with van der Waals surface area (Å²) >= 11 is 4.21. The van der Waals surface area contributed by atoms with E-state index in [1.54, 1.807) is 0 Å². The molecule has 0 spiro atoms. The second-order valence-electron chi connectivity index (χ2n) is 4.40. The fraction of sp³-hybridized carbons (Fsp3) is 0.462. The van der Waals surface area contributed by atoms with Crippen molar-refractivity contribution >= 4 is 18.5 Å². The summed E-state index contributed by atoms with van der Waals surface area (Å²) in [5, 5.41) is 8.87. The number of nitrogens with zero attached hydrogens (tertiary/aromatic N) is 2. The lowest BCUT2D eigenvalue weighted by molar-refractivity contribution is 0.0615. The number of hydrogen-bond acceptors (Lipinski definition) is 4. The quantitative estimate of drug-likeness (QED) is 0.793. The summed E-state index contributed by atoms with van der Waals surface area (Å²) in [6.07, 6.45) is 0. The van der Waals surface area contributed by atoms with Crippen molar-refractivity contribution < 1.29 is 9.90 Å². The summed E-state index contributed by atoms with van der Waals surface area (Å²) in [6.45, 7) is 3.98. The first kappa shape index (κ1) is 13.4. The van der Waals surface area contributed by atoms with Crippen molar-refractivity contribution in [3.63, 3.8) is 0 Å². The number of benzene rings is 1. The maximum absolute atomic E-state index is 12.2. The van der Waals surface area contributed by atoms with Gasteiger partial charge in [0.05, 0.1) is 6.61 Å². The standard InChI is InChI=1S/C13H18N2O2S/c16-10-9-14-5-7-15(8-6-14)13(17)11-1-3-12(18)4-2-11/h1-4,16,18H,5-10H2. The molecule has 1 amide bonds. The number of hydrogen-bond donors (Lipinski definition) is 2. The Morgan fingerprint density at radius 2 is 1.78 bits per heavy atom. The van der Waals surface area contributed by atoms with E-state index in [-0.39, 0.29) is 12.5 Å². The zero-order valence-electron chi connectivity index (χ0n) is 10.2. The maximum atomic E-state index is 12.2. The van der Waals surface area contributed by atoms with E-state index < -0.39 is 0 Å². The Kier molecular flexibility index (Phi) is 4.63. The van der Waals surface area contributed by atoms with Crippen molar-refractivity contribution in [1.29, 1.82) is 0 Å². The van der Waals surface area contributed by atoms with Gasteiger partial charge in [0.2, 0.25) is 0 Å². The monoisotopic (exact) mass is 266 g/mol. The third-order valence-corrected chi connectivity index (χ3v) is 3.49. The lowest BCUT2D eigenvalue weighted by atomic mass is 10.2. The summed E-state index contributed by atoms with van der Waals surface area (Å²) in [4.78, 5) is 17.1. The normalized spacial score (nSPS) is 16.9. The van der Waals surface area contributed by atoms with Crippen molar-refractivity contribution in [2.75, 3.05) is 39.3 Å². The van der Waals surface area contributed by atoms with Crippen LogP contribution in [0, 0.1) is 0 Å². The Labute approximate surface area is 113 Å². The zero-order chi connectivity index (χ0) is 13.0. The minimum atomic E-state index is 0.0759. The van der Waals surface area contributed by atoms with E-state index in [1.165, 1.54) is 0 Å². The summed E-state index contributed by atoms with van der Waals surface area (Å²) in [5.41, 5.74) is 0.711. The second-order valence-corrected chi connectivity index (χ2v) is 4.92. The molecular formula is C13H18N2O2S. The van der Waals surface area contributed by atoms with Crippen molar-refractivity contribution in [2.24, 2.45) is 0 Å². The first-order valence-electron chi connectivity index (χ1n) is 6.12. The lowest BCUT2D eigenvalue weighted by Gasteiger charge is -2.34. The van der Waals surface area contributed by atoms with Crippen LogP contribution in [0.25, 0.3) is 0 Å². The highest BCUT2D eigenvalue weighted by Crippen LogP contribution is 2.12. The molecule has 0 bridgehead atoms. The van der Waals surface area contributed by atoms with Crippen LogP contribution in [0.3, 0.4) is 0 Å². The molecule has 0 atom stereocenters. The molecule has 1 aromatic carbocycles. The van der Waals surface area contributed by atoms with E-state index in [0.29, 0.717) is 12.1 Å². The molecule has 1 aliphatic heterocycles. The van der Waals surface area contributed by atoms with Crippen LogP contribution in [0.5, 0.6) is 0 Å². The summed E-state index contributed by atoms with van der Waals surface area (Å²) in [6, 6.07) is 7.28. The minimum absolute atomic E-state index is 0.0759. The van der Waals surface area contributed by atoms with Crippen LogP contribution in [0.4, 0.5) is 0 Å². The van der Waals surface area contributed by atoms with Crippen molar-refractivity contribution in [1.82, 2.24) is 9.80 Å². The van der Waals surface area contributed by atoms with E-state index in [9.17, 15) is 4.79 Å². The second kappa shape index (κ2) is 6.22. The highest BCUT2D eigenvalue weighted by atomic mass is 32.1. The number of thiol groups is 1. The zero-order valence-corrected chi connectivity index (χ0v) is 11.1. The van der Waals surface area contributed by atoms with E-state index >= 15 is 0 Å². The minimum Gasteiger partial charge on any atom is -0.395 e. The number of amides is 1. The number of aliphatic hydroxyl groups excluding tert-OH is 1. The van der Waals surface area contributed by atoms with Gasteiger partial charge in [0.25, 0.3) is 5.91 Å². The van der Waals surface area contributed by atoms with Gasteiger partial charge in [0.1, 0.15) is 0 Å². The van der Waals surface area contributed by atoms with Crippen LogP contribution >= 0.6 is 12.6 Å². The predicted octanol–water partition coefficient (Wildman–Crippen LogP) is 0.725. The summed E-state index contributed by atoms with van der Waals surface area (Å²) in [7, 11) is 0. The van der Waals surface area contributed by atoms with Gasteiger partial charge < -0.3 is 10.0 Å². The molecule has 1 saturated heterocycles. The largest absolute Gasteiger partial charge is 0.395 e. The molecule has 0 radical (unpaired) electrons. The molecule has 0 aromatic heterocycles. The summed E-state index contributed by atoms with van der Waals surface area (Å²) in [5.74, 6) is 0.0759. The molecule has 1 aliphatic rings. The number of carbonyl (C=O) groups excluding carboxylic acids is 1. The predicted molar refractivity (Wildman–Crippen MR) is 73.1 cm³/mol. The smallest absolute Gasteiger partial charge is 0.253 e. The fourth-order valence-corrected chi connectivity index (χ4v) is 2.25. The van der Waals surface area contributed by atoms with Gasteiger partial charge in [-0.3, -0.25) is 9.69 Å². The number of aliphatic hydroxyl groups is 1. The average molecular weight is 266 g/mol. The van der Waals surface area contributed by atoms with E-state index in [0.717, 1.165) is 31.1 Å². The lowest BCUT2D eigenvalue weighted by Crippen LogP contribution is -2.49. The third kappa shape index (κ3) is 3.25. The molecule has 0 aliphatic carbocycles. The third-order valence-electron chi connectivity index (χ3n) is 3.19. The molecule has 98 valence electrons. The summed E-state index contributed by atoms with van der Waals surface area (Å²) < 4.78 is 0. The highest BCUT2D eigenvalue weighted by Gasteiger charge is 2.21. The number of β-amino-alcohol motifs (C(OH)–C–C–N with tert-alkyl or cyclic N) is 1. The molecule has 4 nitrogen and oxygen atoms in total. The van der Waals surface area contributed by atoms with Crippen molar-refractivity contribution in [2.45, 2.75) is 4.90 Å². The molecule has 1 heterocycles. The molecule has 1 aromatic rings. The Morgan fingerprint density at radius 3 is 2.33 bits per heavy atom. The van der Waals surface area contributed by atoms with Crippen LogP contribution in [0.15, 0.2) is 29.2 Å². The van der Waals surface area contributed by atoms with E-state index in [1.807, 2.05) is 29.2 Å². The number of piperazine rings is 1. The molecule has 0 saturated carbocycles. The Balaban J connectivity index is 1.93. The number of rotatable bonds is 3. The molecule has 2 rings (SSSR count). The van der Waals surface area contributed by atoms with Crippen molar-refractivity contribution in [3.8, 4) is 0 Å². The van der Waals surface area contributed by atoms with Gasteiger partial charge in [-0.05, 0) is 24.3 Å². The van der Waals surface area contributed by atoms with Gasteiger partial charge in [-0.25, -0.2) is 0 Å². The van der Waals surface area contributed by atoms with Crippen LogP contribution in [-0.2, 0) is 0 Å². The van der Waals surface area contributed by atoms with Gasteiger partial charge >= 0.3 is 0 Å².